The molecule has 0 saturated carbocycles. The fraction of sp³-hybridized carbons (Fsp3) is 0.467. The van der Waals surface area contributed by atoms with Crippen molar-refractivity contribution in [2.75, 3.05) is 26.8 Å². The second kappa shape index (κ2) is 6.52. The summed E-state index contributed by atoms with van der Waals surface area (Å²) in [7, 11) is 1.80. The van der Waals surface area contributed by atoms with Gasteiger partial charge in [-0.25, -0.2) is 4.79 Å². The van der Waals surface area contributed by atoms with Crippen molar-refractivity contribution >= 4 is 11.9 Å². The molecule has 1 aliphatic rings. The number of hydrogen-bond donors (Lipinski definition) is 1. The summed E-state index contributed by atoms with van der Waals surface area (Å²) in [5.41, 5.74) is 1.06. The molecule has 1 unspecified atom stereocenters. The van der Waals surface area contributed by atoms with Gasteiger partial charge >= 0.3 is 5.97 Å². The van der Waals surface area contributed by atoms with E-state index < -0.39 is 5.97 Å². The number of hydrogen-bond acceptors (Lipinski definition) is 3. The normalized spacial score (nSPS) is 17.9. The van der Waals surface area contributed by atoms with Crippen LogP contribution in [0.4, 0.5) is 0 Å². The topological polar surface area (TPSA) is 66.8 Å². The Labute approximate surface area is 118 Å². The zero-order chi connectivity index (χ0) is 14.5. The van der Waals surface area contributed by atoms with Gasteiger partial charge in [0, 0.05) is 26.1 Å². The van der Waals surface area contributed by atoms with Crippen LogP contribution in [-0.2, 0) is 16.0 Å². The third-order valence-electron chi connectivity index (χ3n) is 3.54. The van der Waals surface area contributed by atoms with Crippen LogP contribution in [0.1, 0.15) is 22.3 Å². The summed E-state index contributed by atoms with van der Waals surface area (Å²) in [6.07, 6.45) is 1.30. The minimum absolute atomic E-state index is 0.0416. The molecule has 2 rings (SSSR count). The number of amides is 1. The Morgan fingerprint density at radius 2 is 2.05 bits per heavy atom. The van der Waals surface area contributed by atoms with Crippen LogP contribution in [0.3, 0.4) is 0 Å². The van der Waals surface area contributed by atoms with E-state index in [1.54, 1.807) is 24.1 Å². The van der Waals surface area contributed by atoms with Crippen molar-refractivity contribution in [1.82, 2.24) is 4.90 Å². The lowest BCUT2D eigenvalue weighted by Crippen LogP contribution is -2.33. The molecule has 108 valence electrons. The van der Waals surface area contributed by atoms with Crippen molar-refractivity contribution in [3.8, 4) is 0 Å². The van der Waals surface area contributed by atoms with Gasteiger partial charge in [-0.2, -0.15) is 0 Å². The second-order valence-corrected chi connectivity index (χ2v) is 5.18. The van der Waals surface area contributed by atoms with Gasteiger partial charge in [0.25, 0.3) is 0 Å². The average molecular weight is 277 g/mol. The standard InChI is InChI=1S/C15H19NO4/c1-16(9-12-6-7-20-10-12)14(17)8-11-2-4-13(5-3-11)15(18)19/h2-5,12H,6-10H2,1H3,(H,18,19). The summed E-state index contributed by atoms with van der Waals surface area (Å²) < 4.78 is 5.30. The Balaban J connectivity index is 1.87. The number of likely N-dealkylation sites (N-methyl/N-ethyl adjacent to an activating group) is 1. The highest BCUT2D eigenvalue weighted by molar-refractivity contribution is 5.87. The minimum atomic E-state index is -0.957. The zero-order valence-electron chi connectivity index (χ0n) is 11.5. The fourth-order valence-corrected chi connectivity index (χ4v) is 2.29. The second-order valence-electron chi connectivity index (χ2n) is 5.18. The maximum Gasteiger partial charge on any atom is 0.335 e. The van der Waals surface area contributed by atoms with Crippen LogP contribution >= 0.6 is 0 Å². The Hall–Kier alpha value is -1.88. The zero-order valence-corrected chi connectivity index (χ0v) is 11.5. The van der Waals surface area contributed by atoms with Crippen LogP contribution in [0.15, 0.2) is 24.3 Å². The molecule has 1 saturated heterocycles. The van der Waals surface area contributed by atoms with Crippen LogP contribution in [0, 0.1) is 5.92 Å². The third kappa shape index (κ3) is 3.81. The lowest BCUT2D eigenvalue weighted by atomic mass is 10.1. The molecule has 0 bridgehead atoms. The number of aromatic carboxylic acids is 1. The van der Waals surface area contributed by atoms with Gasteiger partial charge in [-0.15, -0.1) is 0 Å². The Kier molecular flexibility index (Phi) is 4.74. The highest BCUT2D eigenvalue weighted by atomic mass is 16.5. The van der Waals surface area contributed by atoms with Crippen LogP contribution in [-0.4, -0.2) is 48.7 Å². The number of ether oxygens (including phenoxy) is 1. The number of carboxylic acid groups (broad SMARTS) is 1. The van der Waals surface area contributed by atoms with E-state index in [0.29, 0.717) is 18.9 Å². The van der Waals surface area contributed by atoms with Gasteiger partial charge in [-0.1, -0.05) is 12.1 Å². The molecule has 1 N–H and O–H groups in total. The van der Waals surface area contributed by atoms with Crippen molar-refractivity contribution in [2.45, 2.75) is 12.8 Å². The Bertz CT molecular complexity index is 477. The lowest BCUT2D eigenvalue weighted by Gasteiger charge is -2.20. The van der Waals surface area contributed by atoms with E-state index in [9.17, 15) is 9.59 Å². The first-order chi connectivity index (χ1) is 9.56. The molecule has 1 atom stereocenters. The smallest absolute Gasteiger partial charge is 0.335 e. The van der Waals surface area contributed by atoms with Gasteiger partial charge < -0.3 is 14.7 Å². The van der Waals surface area contributed by atoms with Gasteiger partial charge in [0.15, 0.2) is 0 Å². The summed E-state index contributed by atoms with van der Waals surface area (Å²) in [4.78, 5) is 24.6. The highest BCUT2D eigenvalue weighted by Gasteiger charge is 2.20. The number of benzene rings is 1. The van der Waals surface area contributed by atoms with E-state index in [1.165, 1.54) is 12.1 Å². The molecule has 0 aromatic heterocycles. The first-order valence-electron chi connectivity index (χ1n) is 6.70. The molecule has 1 heterocycles. The predicted molar refractivity (Wildman–Crippen MR) is 73.7 cm³/mol. The summed E-state index contributed by atoms with van der Waals surface area (Å²) in [5.74, 6) is -0.487. The van der Waals surface area contributed by atoms with Crippen LogP contribution in [0.25, 0.3) is 0 Å². The van der Waals surface area contributed by atoms with E-state index in [-0.39, 0.29) is 11.5 Å². The van der Waals surface area contributed by atoms with E-state index in [4.69, 9.17) is 9.84 Å². The Morgan fingerprint density at radius 3 is 2.60 bits per heavy atom. The monoisotopic (exact) mass is 277 g/mol. The first kappa shape index (κ1) is 14.5. The van der Waals surface area contributed by atoms with Gasteiger partial charge in [-0.3, -0.25) is 4.79 Å². The van der Waals surface area contributed by atoms with Crippen molar-refractivity contribution < 1.29 is 19.4 Å². The number of carboxylic acids is 1. The summed E-state index contributed by atoms with van der Waals surface area (Å²) in [6, 6.07) is 6.42. The van der Waals surface area contributed by atoms with Crippen molar-refractivity contribution in [2.24, 2.45) is 5.92 Å². The highest BCUT2D eigenvalue weighted by Crippen LogP contribution is 2.14. The molecular weight excluding hydrogens is 258 g/mol. The number of carbonyl (C=O) groups excluding carboxylic acids is 1. The fourth-order valence-electron chi connectivity index (χ4n) is 2.29. The molecule has 0 radical (unpaired) electrons. The molecule has 0 aliphatic carbocycles. The Morgan fingerprint density at radius 1 is 1.35 bits per heavy atom. The summed E-state index contributed by atoms with van der Waals surface area (Å²) in [5, 5.41) is 8.82. The lowest BCUT2D eigenvalue weighted by molar-refractivity contribution is -0.129. The number of carbonyl (C=O) groups is 2. The van der Waals surface area contributed by atoms with Gasteiger partial charge in [0.1, 0.15) is 0 Å². The maximum atomic E-state index is 12.1. The summed E-state index contributed by atoms with van der Waals surface area (Å²) in [6.45, 7) is 2.22. The van der Waals surface area contributed by atoms with E-state index >= 15 is 0 Å². The quantitative estimate of drug-likeness (QED) is 0.884. The van der Waals surface area contributed by atoms with Crippen LogP contribution in [0.5, 0.6) is 0 Å². The molecule has 1 aromatic rings. The molecule has 5 nitrogen and oxygen atoms in total. The molecule has 5 heteroatoms. The predicted octanol–water partition coefficient (Wildman–Crippen LogP) is 1.42. The molecule has 1 fully saturated rings. The molecule has 1 aromatic carbocycles. The van der Waals surface area contributed by atoms with Gasteiger partial charge in [0.05, 0.1) is 18.6 Å². The third-order valence-corrected chi connectivity index (χ3v) is 3.54. The average Bonchev–Trinajstić information content (AvgIpc) is 2.92. The maximum absolute atomic E-state index is 12.1. The van der Waals surface area contributed by atoms with Crippen molar-refractivity contribution in [3.63, 3.8) is 0 Å². The van der Waals surface area contributed by atoms with Crippen LogP contribution in [0.2, 0.25) is 0 Å². The van der Waals surface area contributed by atoms with Crippen LogP contribution < -0.4 is 0 Å². The minimum Gasteiger partial charge on any atom is -0.478 e. The number of nitrogens with zero attached hydrogens (tertiary/aromatic N) is 1. The molecule has 1 aliphatic heterocycles. The number of rotatable bonds is 5. The molecular formula is C15H19NO4. The molecule has 0 spiro atoms. The van der Waals surface area contributed by atoms with Gasteiger partial charge in [0.2, 0.25) is 5.91 Å². The molecule has 20 heavy (non-hydrogen) atoms. The van der Waals surface area contributed by atoms with Crippen molar-refractivity contribution in [1.29, 1.82) is 0 Å². The van der Waals surface area contributed by atoms with E-state index in [1.807, 2.05) is 0 Å². The molecule has 1 amide bonds. The summed E-state index contributed by atoms with van der Waals surface area (Å²) >= 11 is 0. The van der Waals surface area contributed by atoms with E-state index in [2.05, 4.69) is 0 Å². The first-order valence-corrected chi connectivity index (χ1v) is 6.70. The van der Waals surface area contributed by atoms with E-state index in [0.717, 1.165) is 25.2 Å². The van der Waals surface area contributed by atoms with Crippen molar-refractivity contribution in [3.05, 3.63) is 35.4 Å². The SMILES string of the molecule is CN(CC1CCOC1)C(=O)Cc1ccc(C(=O)O)cc1. The largest absolute Gasteiger partial charge is 0.478 e. The van der Waals surface area contributed by atoms with Gasteiger partial charge in [-0.05, 0) is 24.1 Å².